The minimum atomic E-state index is -0.819. The highest BCUT2D eigenvalue weighted by molar-refractivity contribution is 6.38. The topological polar surface area (TPSA) is 82.6 Å². The molecule has 7 nitrogen and oxygen atoms in total. The van der Waals surface area contributed by atoms with Crippen molar-refractivity contribution >= 4 is 46.5 Å². The molecular weight excluding hydrogens is 494 g/mol. The van der Waals surface area contributed by atoms with E-state index in [1.165, 1.54) is 31.6 Å². The number of hydrogen-bond acceptors (Lipinski definition) is 7. The molecule has 0 atom stereocenters. The monoisotopic (exact) mass is 506 g/mol. The Hall–Kier alpha value is -3.20. The van der Waals surface area contributed by atoms with E-state index in [-0.39, 0.29) is 39.5 Å². The van der Waals surface area contributed by atoms with Crippen LogP contribution in [0.1, 0.15) is 11.5 Å². The van der Waals surface area contributed by atoms with E-state index in [1.54, 1.807) is 30.3 Å². The van der Waals surface area contributed by atoms with Crippen molar-refractivity contribution in [1.82, 2.24) is 15.1 Å². The lowest BCUT2D eigenvalue weighted by molar-refractivity contribution is 0.233. The summed E-state index contributed by atoms with van der Waals surface area (Å²) in [6, 6.07) is 11.4. The molecule has 0 aliphatic heterocycles. The van der Waals surface area contributed by atoms with Gasteiger partial charge in [-0.1, -0.05) is 40.0 Å². The quantitative estimate of drug-likeness (QED) is 0.258. The fraction of sp³-hybridized carbons (Fsp3) is 0.0909. The minimum absolute atomic E-state index is 0.0683. The first-order valence-electron chi connectivity index (χ1n) is 9.37. The fourth-order valence-electron chi connectivity index (χ4n) is 2.76. The number of pyridine rings is 1. The molecule has 0 unspecified atom stereocenters. The standard InChI is InChI=1S/C22H14Cl3FN4O3/c1-31-17-7-4-13(21(26)29-20-15(24)9-27-10-16(20)25)8-18(17)32-11-19-28-22(30-33-19)12-2-5-14(23)6-3-12/h2-10H,11H2,1H3/b29-21-. The highest BCUT2D eigenvalue weighted by atomic mass is 35.5. The molecule has 0 bridgehead atoms. The van der Waals surface area contributed by atoms with Crippen molar-refractivity contribution in [3.05, 3.63) is 81.4 Å². The Morgan fingerprint density at radius 1 is 1.03 bits per heavy atom. The van der Waals surface area contributed by atoms with Gasteiger partial charge in [0.25, 0.3) is 5.89 Å². The van der Waals surface area contributed by atoms with Crippen LogP contribution in [-0.4, -0.2) is 28.2 Å². The summed E-state index contributed by atoms with van der Waals surface area (Å²) >= 11 is 17.9. The van der Waals surface area contributed by atoms with Crippen molar-refractivity contribution in [2.45, 2.75) is 6.61 Å². The van der Waals surface area contributed by atoms with Gasteiger partial charge in [0.15, 0.2) is 18.1 Å². The number of nitrogens with zero attached hydrogens (tertiary/aromatic N) is 4. The van der Waals surface area contributed by atoms with Gasteiger partial charge in [-0.25, -0.2) is 4.99 Å². The number of aromatic nitrogens is 3. The van der Waals surface area contributed by atoms with Gasteiger partial charge in [0.2, 0.25) is 11.8 Å². The van der Waals surface area contributed by atoms with E-state index < -0.39 is 5.97 Å². The second-order valence-corrected chi connectivity index (χ2v) is 7.78. The number of halogens is 4. The third kappa shape index (κ3) is 5.42. The second kappa shape index (κ2) is 10.2. The van der Waals surface area contributed by atoms with E-state index in [9.17, 15) is 4.39 Å². The first-order valence-corrected chi connectivity index (χ1v) is 10.5. The summed E-state index contributed by atoms with van der Waals surface area (Å²) in [6.07, 6.45) is 2.65. The van der Waals surface area contributed by atoms with Crippen molar-refractivity contribution in [1.29, 1.82) is 0 Å². The number of hydrogen-bond donors (Lipinski definition) is 0. The Kier molecular flexibility index (Phi) is 7.08. The number of rotatable bonds is 7. The number of ether oxygens (including phenoxy) is 2. The Morgan fingerprint density at radius 3 is 2.45 bits per heavy atom. The van der Waals surface area contributed by atoms with Crippen molar-refractivity contribution in [2.75, 3.05) is 7.11 Å². The Balaban J connectivity index is 1.54. The van der Waals surface area contributed by atoms with Crippen molar-refractivity contribution in [3.8, 4) is 22.9 Å². The van der Waals surface area contributed by atoms with E-state index in [4.69, 9.17) is 48.8 Å². The molecule has 0 amide bonds. The van der Waals surface area contributed by atoms with Crippen LogP contribution < -0.4 is 9.47 Å². The lowest BCUT2D eigenvalue weighted by Crippen LogP contribution is -2.00. The molecule has 0 fully saturated rings. The van der Waals surface area contributed by atoms with Gasteiger partial charge in [-0.15, -0.1) is 0 Å². The van der Waals surface area contributed by atoms with Gasteiger partial charge in [-0.05, 0) is 42.5 Å². The van der Waals surface area contributed by atoms with Gasteiger partial charge in [0.1, 0.15) is 5.69 Å². The van der Waals surface area contributed by atoms with Crippen molar-refractivity contribution < 1.29 is 18.4 Å². The summed E-state index contributed by atoms with van der Waals surface area (Å²) < 4.78 is 31.1. The molecule has 168 valence electrons. The van der Waals surface area contributed by atoms with Crippen LogP contribution in [0.4, 0.5) is 10.1 Å². The maximum absolute atomic E-state index is 14.8. The van der Waals surface area contributed by atoms with Crippen LogP contribution in [0.3, 0.4) is 0 Å². The van der Waals surface area contributed by atoms with Gasteiger partial charge >= 0.3 is 0 Å². The summed E-state index contributed by atoms with van der Waals surface area (Å²) in [5, 5.41) is 4.77. The molecule has 2 aromatic heterocycles. The Labute approximate surface area is 202 Å². The molecule has 11 heteroatoms. The zero-order chi connectivity index (χ0) is 23.4. The Bertz CT molecular complexity index is 1290. The highest BCUT2D eigenvalue weighted by Gasteiger charge is 2.15. The Morgan fingerprint density at radius 2 is 1.76 bits per heavy atom. The fourth-order valence-corrected chi connectivity index (χ4v) is 3.34. The zero-order valence-electron chi connectivity index (χ0n) is 16.9. The van der Waals surface area contributed by atoms with Crippen molar-refractivity contribution in [3.63, 3.8) is 0 Å². The van der Waals surface area contributed by atoms with E-state index in [0.717, 1.165) is 5.56 Å². The second-order valence-electron chi connectivity index (χ2n) is 6.53. The van der Waals surface area contributed by atoms with Crippen LogP contribution in [-0.2, 0) is 6.61 Å². The molecule has 2 aromatic carbocycles. The van der Waals surface area contributed by atoms with E-state index >= 15 is 0 Å². The lowest BCUT2D eigenvalue weighted by Gasteiger charge is -2.10. The maximum atomic E-state index is 14.8. The van der Waals surface area contributed by atoms with Crippen LogP contribution in [0.25, 0.3) is 11.4 Å². The minimum Gasteiger partial charge on any atom is -0.493 e. The largest absolute Gasteiger partial charge is 0.493 e. The molecule has 33 heavy (non-hydrogen) atoms. The number of methoxy groups -OCH3 is 1. The highest BCUT2D eigenvalue weighted by Crippen LogP contribution is 2.34. The van der Waals surface area contributed by atoms with Crippen LogP contribution in [0.15, 0.2) is 64.4 Å². The predicted octanol–water partition coefficient (Wildman–Crippen LogP) is 6.73. The van der Waals surface area contributed by atoms with Crippen LogP contribution in [0, 0.1) is 0 Å². The predicted molar refractivity (Wildman–Crippen MR) is 124 cm³/mol. The molecule has 0 saturated heterocycles. The van der Waals surface area contributed by atoms with E-state index in [2.05, 4.69) is 20.1 Å². The molecule has 0 aliphatic rings. The molecular formula is C22H14Cl3FN4O3. The lowest BCUT2D eigenvalue weighted by atomic mass is 10.2. The molecule has 0 radical (unpaired) electrons. The first-order chi connectivity index (χ1) is 15.9. The van der Waals surface area contributed by atoms with Crippen LogP contribution >= 0.6 is 34.8 Å². The average molecular weight is 508 g/mol. The van der Waals surface area contributed by atoms with Gasteiger partial charge < -0.3 is 14.0 Å². The number of benzene rings is 2. The average Bonchev–Trinajstić information content (AvgIpc) is 3.29. The van der Waals surface area contributed by atoms with Gasteiger partial charge in [0.05, 0.1) is 17.2 Å². The van der Waals surface area contributed by atoms with Gasteiger partial charge in [-0.3, -0.25) is 4.98 Å². The first kappa shape index (κ1) is 23.0. The molecule has 4 aromatic rings. The summed E-state index contributed by atoms with van der Waals surface area (Å²) in [5.74, 6) is 0.412. The van der Waals surface area contributed by atoms with E-state index in [0.29, 0.717) is 16.6 Å². The summed E-state index contributed by atoms with van der Waals surface area (Å²) in [5.41, 5.74) is 0.938. The van der Waals surface area contributed by atoms with Crippen LogP contribution in [0.2, 0.25) is 15.1 Å². The molecule has 0 aliphatic carbocycles. The smallest absolute Gasteiger partial charge is 0.264 e. The maximum Gasteiger partial charge on any atom is 0.264 e. The molecule has 0 saturated carbocycles. The normalized spacial score (nSPS) is 11.5. The molecule has 0 spiro atoms. The van der Waals surface area contributed by atoms with Gasteiger partial charge in [0, 0.05) is 28.5 Å². The third-order valence-corrected chi connectivity index (χ3v) is 5.17. The third-order valence-electron chi connectivity index (χ3n) is 4.36. The SMILES string of the molecule is COc1ccc(/C(F)=N/c2c(Cl)cncc2Cl)cc1OCc1nc(-c2ccc(Cl)cc2)no1. The van der Waals surface area contributed by atoms with E-state index in [1.807, 2.05) is 0 Å². The van der Waals surface area contributed by atoms with Gasteiger partial charge in [-0.2, -0.15) is 9.37 Å². The molecule has 4 rings (SSSR count). The molecule has 0 N–H and O–H groups in total. The van der Waals surface area contributed by atoms with Crippen LogP contribution in [0.5, 0.6) is 11.5 Å². The summed E-state index contributed by atoms with van der Waals surface area (Å²) in [7, 11) is 1.47. The summed E-state index contributed by atoms with van der Waals surface area (Å²) in [4.78, 5) is 12.0. The zero-order valence-corrected chi connectivity index (χ0v) is 19.2. The number of aliphatic imine (C=N–C) groups is 1. The molecule has 2 heterocycles. The van der Waals surface area contributed by atoms with Crippen molar-refractivity contribution in [2.24, 2.45) is 4.99 Å². The summed E-state index contributed by atoms with van der Waals surface area (Å²) in [6.45, 7) is -0.0683.